The maximum absolute atomic E-state index is 8.88. The van der Waals surface area contributed by atoms with Crippen LogP contribution in [-0.4, -0.2) is 27.3 Å². The monoisotopic (exact) mass is 240 g/mol. The highest BCUT2D eigenvalue weighted by atomic mass is 16.6. The van der Waals surface area contributed by atoms with Crippen molar-refractivity contribution in [2.75, 3.05) is 0 Å². The molecule has 2 aromatic heterocycles. The van der Waals surface area contributed by atoms with Crippen LogP contribution < -0.4 is 4.65 Å². The summed E-state index contributed by atoms with van der Waals surface area (Å²) in [6.45, 7) is 0. The largest absolute Gasteiger partial charge is 0.707 e. The van der Waals surface area contributed by atoms with E-state index in [0.717, 1.165) is 10.9 Å². The van der Waals surface area contributed by atoms with Gasteiger partial charge < -0.3 is 14.7 Å². The van der Waals surface area contributed by atoms with Crippen molar-refractivity contribution < 1.29 is 14.7 Å². The second-order valence-corrected chi connectivity index (χ2v) is 3.79. The highest BCUT2D eigenvalue weighted by Crippen LogP contribution is 2.28. The Bertz CT molecular complexity index is 718. The Kier molecular flexibility index (Phi) is 2.58. The van der Waals surface area contributed by atoms with Gasteiger partial charge in [0.15, 0.2) is 0 Å². The molecule has 0 bridgehead atoms. The van der Waals surface area contributed by atoms with Gasteiger partial charge in [-0.2, -0.15) is 0 Å². The summed E-state index contributed by atoms with van der Waals surface area (Å²) in [6, 6.07) is 9.09. The number of fused-ring (bicyclic) bond motifs is 3. The van der Waals surface area contributed by atoms with Crippen LogP contribution in [-0.2, 0) is 0 Å². The van der Waals surface area contributed by atoms with E-state index in [1.165, 1.54) is 0 Å². The average molecular weight is 240 g/mol. The molecule has 0 radical (unpaired) electrons. The molecular weight excluding hydrogens is 231 g/mol. The van der Waals surface area contributed by atoms with Gasteiger partial charge in [-0.15, -0.1) is 0 Å². The first kappa shape index (κ1) is 10.9. The number of pyridine rings is 2. The fraction of sp³-hybridized carbons (Fsp3) is 0. The van der Waals surface area contributed by atoms with Crippen LogP contribution in [0.1, 0.15) is 0 Å². The van der Waals surface area contributed by atoms with Crippen LogP contribution in [0, 0.1) is 0 Å². The van der Waals surface area contributed by atoms with Crippen molar-refractivity contribution in [3.8, 4) is 5.75 Å². The van der Waals surface area contributed by atoms with Crippen molar-refractivity contribution in [3.05, 3.63) is 42.7 Å². The molecule has 88 valence electrons. The topological polar surface area (TPSA) is 75.5 Å². The quantitative estimate of drug-likeness (QED) is 0.518. The van der Waals surface area contributed by atoms with E-state index in [4.69, 9.17) is 14.7 Å². The Labute approximate surface area is 103 Å². The molecule has 0 saturated carbocycles. The summed E-state index contributed by atoms with van der Waals surface area (Å²) in [5, 5.41) is 19.4. The Morgan fingerprint density at radius 1 is 0.944 bits per heavy atom. The molecule has 0 saturated heterocycles. The fourth-order valence-corrected chi connectivity index (χ4v) is 1.94. The van der Waals surface area contributed by atoms with Crippen LogP contribution in [0.2, 0.25) is 0 Å². The number of rotatable bonds is 2. The minimum absolute atomic E-state index is 0.363. The zero-order valence-corrected chi connectivity index (χ0v) is 9.32. The van der Waals surface area contributed by atoms with Gasteiger partial charge in [-0.05, 0) is 18.2 Å². The Hall–Kier alpha value is -2.18. The molecule has 18 heavy (non-hydrogen) atoms. The standard InChI is InChI=1S/C12H9BN2O3/c16-13(17)18-10-5-7-15-12-9(10)4-3-8-2-1-6-14-11(8)12/h1-7,16-17H. The lowest BCUT2D eigenvalue weighted by Crippen LogP contribution is -2.20. The molecule has 1 aromatic carbocycles. The van der Waals surface area contributed by atoms with E-state index in [2.05, 4.69) is 9.97 Å². The van der Waals surface area contributed by atoms with Crippen LogP contribution in [0.5, 0.6) is 5.75 Å². The van der Waals surface area contributed by atoms with Gasteiger partial charge >= 0.3 is 7.32 Å². The lowest BCUT2D eigenvalue weighted by Gasteiger charge is -2.08. The fourth-order valence-electron chi connectivity index (χ4n) is 1.94. The molecule has 0 atom stereocenters. The molecule has 0 unspecified atom stereocenters. The van der Waals surface area contributed by atoms with Gasteiger partial charge in [0.1, 0.15) is 11.3 Å². The van der Waals surface area contributed by atoms with Gasteiger partial charge in [0.25, 0.3) is 0 Å². The van der Waals surface area contributed by atoms with E-state index in [1.807, 2.05) is 24.3 Å². The zero-order chi connectivity index (χ0) is 12.5. The normalized spacial score (nSPS) is 10.8. The Morgan fingerprint density at radius 2 is 1.78 bits per heavy atom. The lowest BCUT2D eigenvalue weighted by atomic mass is 10.1. The minimum atomic E-state index is -1.85. The van der Waals surface area contributed by atoms with Gasteiger partial charge in [0.2, 0.25) is 0 Å². The van der Waals surface area contributed by atoms with Crippen molar-refractivity contribution in [2.45, 2.75) is 0 Å². The molecule has 3 aromatic rings. The molecule has 0 fully saturated rings. The SMILES string of the molecule is OB(O)Oc1ccnc2c1ccc1cccnc12. The first-order chi connectivity index (χ1) is 8.75. The van der Waals surface area contributed by atoms with Gasteiger partial charge in [0.05, 0.1) is 5.52 Å². The lowest BCUT2D eigenvalue weighted by molar-refractivity contribution is 0.289. The summed E-state index contributed by atoms with van der Waals surface area (Å²) in [7, 11) is -1.85. The van der Waals surface area contributed by atoms with Crippen LogP contribution in [0.4, 0.5) is 0 Å². The first-order valence-electron chi connectivity index (χ1n) is 5.41. The summed E-state index contributed by atoms with van der Waals surface area (Å²) in [6.07, 6.45) is 3.24. The number of benzene rings is 1. The minimum Gasteiger partial charge on any atom is -0.511 e. The van der Waals surface area contributed by atoms with E-state index >= 15 is 0 Å². The van der Waals surface area contributed by atoms with Crippen molar-refractivity contribution in [1.29, 1.82) is 0 Å². The highest BCUT2D eigenvalue weighted by molar-refractivity contribution is 6.34. The Morgan fingerprint density at radius 3 is 2.61 bits per heavy atom. The molecule has 5 nitrogen and oxygen atoms in total. The third kappa shape index (κ3) is 1.77. The number of hydrogen-bond donors (Lipinski definition) is 2. The molecule has 2 heterocycles. The molecule has 2 N–H and O–H groups in total. The van der Waals surface area contributed by atoms with E-state index in [1.54, 1.807) is 18.5 Å². The van der Waals surface area contributed by atoms with Gasteiger partial charge in [0, 0.05) is 23.2 Å². The molecule has 0 amide bonds. The number of aromatic nitrogens is 2. The van der Waals surface area contributed by atoms with E-state index in [0.29, 0.717) is 16.7 Å². The Balaban J connectivity index is 2.32. The zero-order valence-electron chi connectivity index (χ0n) is 9.32. The highest BCUT2D eigenvalue weighted by Gasteiger charge is 2.14. The molecule has 0 aliphatic carbocycles. The number of nitrogens with zero attached hydrogens (tertiary/aromatic N) is 2. The van der Waals surface area contributed by atoms with Crippen LogP contribution in [0.15, 0.2) is 42.7 Å². The maximum Gasteiger partial charge on any atom is 0.707 e. The molecule has 0 spiro atoms. The van der Waals surface area contributed by atoms with Crippen molar-refractivity contribution in [1.82, 2.24) is 9.97 Å². The predicted octanol–water partition coefficient (Wildman–Crippen LogP) is 1.13. The second-order valence-electron chi connectivity index (χ2n) is 3.79. The van der Waals surface area contributed by atoms with Crippen LogP contribution in [0.25, 0.3) is 21.8 Å². The van der Waals surface area contributed by atoms with Crippen LogP contribution in [0.3, 0.4) is 0 Å². The van der Waals surface area contributed by atoms with Crippen molar-refractivity contribution in [3.63, 3.8) is 0 Å². The summed E-state index contributed by atoms with van der Waals surface area (Å²) in [5.74, 6) is 0.363. The van der Waals surface area contributed by atoms with E-state index in [9.17, 15) is 0 Å². The van der Waals surface area contributed by atoms with Crippen molar-refractivity contribution in [2.24, 2.45) is 0 Å². The molecule has 0 aliphatic rings. The van der Waals surface area contributed by atoms with Crippen LogP contribution >= 0.6 is 0 Å². The van der Waals surface area contributed by atoms with E-state index < -0.39 is 7.32 Å². The van der Waals surface area contributed by atoms with Gasteiger partial charge in [-0.1, -0.05) is 12.1 Å². The van der Waals surface area contributed by atoms with E-state index in [-0.39, 0.29) is 0 Å². The smallest absolute Gasteiger partial charge is 0.511 e. The molecule has 0 aliphatic heterocycles. The second kappa shape index (κ2) is 4.25. The molecule has 6 heteroatoms. The first-order valence-corrected chi connectivity index (χ1v) is 5.41. The van der Waals surface area contributed by atoms with Gasteiger partial charge in [-0.25, -0.2) is 0 Å². The van der Waals surface area contributed by atoms with Crippen molar-refractivity contribution >= 4 is 29.1 Å². The summed E-state index contributed by atoms with van der Waals surface area (Å²) in [4.78, 5) is 8.56. The summed E-state index contributed by atoms with van der Waals surface area (Å²) < 4.78 is 4.92. The predicted molar refractivity (Wildman–Crippen MR) is 67.9 cm³/mol. The molecule has 3 rings (SSSR count). The maximum atomic E-state index is 8.88. The molecular formula is C12H9BN2O3. The number of hydrogen-bond acceptors (Lipinski definition) is 5. The third-order valence-corrected chi connectivity index (χ3v) is 2.68. The average Bonchev–Trinajstić information content (AvgIpc) is 2.38. The summed E-state index contributed by atoms with van der Waals surface area (Å²) in [5.41, 5.74) is 1.43. The third-order valence-electron chi connectivity index (χ3n) is 2.68. The van der Waals surface area contributed by atoms with Gasteiger partial charge in [-0.3, -0.25) is 9.97 Å². The summed E-state index contributed by atoms with van der Waals surface area (Å²) >= 11 is 0.